The van der Waals surface area contributed by atoms with Crippen molar-refractivity contribution in [1.29, 1.82) is 5.23 Å². The number of carbonyl (C=O) groups excluding carboxylic acids is 1. The number of aromatic nitrogens is 16. The van der Waals surface area contributed by atoms with Crippen molar-refractivity contribution in [3.8, 4) is 5.88 Å². The first kappa shape index (κ1) is 79.6. The van der Waals surface area contributed by atoms with Gasteiger partial charge < -0.3 is 73.1 Å². The monoisotopic (exact) mass is 1810 g/mol. The Morgan fingerprint density at radius 1 is 0.688 bits per heavy atom. The smallest absolute Gasteiger partial charge is 0.389 e. The molecule has 0 aromatic carbocycles. The summed E-state index contributed by atoms with van der Waals surface area (Å²) >= 11 is 1.82. The zero-order valence-electron chi connectivity index (χ0n) is 69.0. The molecule has 8 aromatic heterocycles. The van der Waals surface area contributed by atoms with E-state index in [1.165, 1.54) is 22.1 Å². The maximum atomic E-state index is 12.3. The molecular formula is C62H95AcB2N27O13P2S2. The van der Waals surface area contributed by atoms with Gasteiger partial charge in [-0.15, -0.1) is 0 Å². The number of rotatable bonds is 28. The third-order valence-corrected chi connectivity index (χ3v) is 20.2. The number of azide groups is 2. The van der Waals surface area contributed by atoms with Crippen molar-refractivity contribution < 1.29 is 93.5 Å². The molecule has 21 atom stereocenters. The van der Waals surface area contributed by atoms with Gasteiger partial charge in [-0.25, -0.2) is 39.7 Å². The molecule has 0 bridgehead atoms. The van der Waals surface area contributed by atoms with Gasteiger partial charge in [-0.1, -0.05) is 67.0 Å². The molecular weight excluding hydrogens is 1710 g/mol. The van der Waals surface area contributed by atoms with Gasteiger partial charge in [-0.2, -0.15) is 9.97 Å². The van der Waals surface area contributed by atoms with Crippen molar-refractivity contribution in [1.82, 2.24) is 98.5 Å². The number of nitrogens with one attached hydrogen (secondary N) is 5. The van der Waals surface area contributed by atoms with E-state index in [0.29, 0.717) is 65.0 Å². The van der Waals surface area contributed by atoms with E-state index in [1.807, 2.05) is 25.3 Å². The molecule has 1 amide bonds. The number of hydrogen-bond acceptors (Lipinski definition) is 30. The van der Waals surface area contributed by atoms with Gasteiger partial charge in [0.25, 0.3) is 22.6 Å². The van der Waals surface area contributed by atoms with Crippen molar-refractivity contribution in [2.45, 2.75) is 201 Å². The number of likely N-dealkylation sites (N-methyl/N-ethyl adjacent to an activating group) is 2. The second kappa shape index (κ2) is 40.6. The summed E-state index contributed by atoms with van der Waals surface area (Å²) < 4.78 is 98.8. The Morgan fingerprint density at radius 2 is 1.12 bits per heavy atom. The number of nitrogens with zero attached hydrogens (tertiary/aromatic N) is 21. The van der Waals surface area contributed by atoms with E-state index in [1.54, 1.807) is 70.5 Å². The Kier molecular flexibility index (Phi) is 29.7. The van der Waals surface area contributed by atoms with E-state index < -0.39 is 89.0 Å². The maximum Gasteiger partial charge on any atom is 0.416 e. The number of H-pyrrole nitrogens is 3. The minimum atomic E-state index is -1.46. The number of carbonyl (C=O) groups is 1. The summed E-state index contributed by atoms with van der Waals surface area (Å²) in [5, 5.41) is 24.6. The van der Waals surface area contributed by atoms with Crippen molar-refractivity contribution in [2.75, 3.05) is 52.7 Å². The zero-order valence-corrected chi connectivity index (χ0v) is 71.2. The average Bonchev–Trinajstić information content (AvgIpc) is 1.63. The minimum Gasteiger partial charge on any atom is -0.389 e. The average molecular weight is 1810 g/mol. The molecule has 3 radical (unpaired) electrons. The quantitative estimate of drug-likeness (QED) is 0.00565. The Morgan fingerprint density at radius 3 is 1.60 bits per heavy atom. The SMILES string of the molecule is CC[C@H]1O[C@@H](n2cnc3c(OC(=O)N(C)C)nc(C)nc32)[C@@H](O)C1N=[N+]=[N-].[2H]P([B][3H])SOC[C@H]1O[C@@H](n2cnc3c(=O)[nH]c(C)nc32)[C@@H](C)C1NC([3H])C.[2H]P([B][3H])SOC[C@H]1O[C@@H](n2cnc3c(=O)[nH]c(N)nc32)[C@@H](C)C1N=[N+]=[N-].[3H]C(C)NC1[C@@H](COC(C)N(C(C)C)C(C)C)O[C@@H](n2cnc3c(=O)[nH]c(C)nc32)[C@H]1C.[Ac]. The predicted octanol–water partition coefficient (Wildman–Crippen LogP) is 5.97. The number of nitrogens with two attached hydrogens (primary N) is 1. The van der Waals surface area contributed by atoms with Gasteiger partial charge in [0.2, 0.25) is 5.95 Å². The third kappa shape index (κ3) is 20.5. The van der Waals surface area contributed by atoms with Gasteiger partial charge in [-0.3, -0.25) is 42.5 Å². The number of aromatic amines is 3. The number of anilines is 1. The van der Waals surface area contributed by atoms with Crippen molar-refractivity contribution >= 4 is 110 Å². The van der Waals surface area contributed by atoms with E-state index >= 15 is 0 Å². The fourth-order valence-electron chi connectivity index (χ4n) is 13.7. The number of aliphatic hydroxyl groups is 1. The first-order chi connectivity index (χ1) is 54.1. The van der Waals surface area contributed by atoms with Gasteiger partial charge in [0.05, 0.1) is 78.1 Å². The minimum absolute atomic E-state index is 0. The first-order valence-corrected chi connectivity index (χ1v) is 39.2. The molecule has 109 heavy (non-hydrogen) atoms. The fourth-order valence-corrected chi connectivity index (χ4v) is 15.0. The van der Waals surface area contributed by atoms with E-state index in [-0.39, 0.29) is 157 Å². The van der Waals surface area contributed by atoms with E-state index in [2.05, 4.69) is 137 Å². The number of hydrogen-bond donors (Lipinski definition) is 7. The molecule has 9 unspecified atom stereocenters. The van der Waals surface area contributed by atoms with Crippen molar-refractivity contribution in [2.24, 2.45) is 28.0 Å². The van der Waals surface area contributed by atoms with Gasteiger partial charge in [0.15, 0.2) is 50.9 Å². The summed E-state index contributed by atoms with van der Waals surface area (Å²) in [6.45, 7) is 26.9. The molecule has 4 saturated heterocycles. The predicted molar refractivity (Wildman–Crippen MR) is 414 cm³/mol. The molecule has 4 aliphatic rings. The number of aryl methyl sites for hydroxylation is 3. The van der Waals surface area contributed by atoms with Crippen LogP contribution in [0, 0.1) is 82.6 Å². The van der Waals surface area contributed by atoms with Crippen LogP contribution in [-0.4, -0.2) is 239 Å². The molecule has 47 heteroatoms. The van der Waals surface area contributed by atoms with Crippen LogP contribution in [0.25, 0.3) is 65.5 Å². The number of fused-ring (bicyclic) bond motifs is 4. The standard InChI is InChI=1S/C22H38N6O3.C15H20N8O4.C14H22BN5O3PS.C11H15BN8O3PS.Ac/c1-9-23-18-14(6)22(27-11-24-19-20(27)25-15(7)26-21(19)29)31-17(18)10-30-16(8)28(12(2)3)13(4)5;1-5-8-9(20-21-16)11(24)14(26-8)23-6-17-10-12(23)18-7(2)19-13(10)27-15(25)22(3)4;1-4-16-10-7(2)14(23-9(10)5-22-25-24-15)20-6-17-11-12(20)18-8(3)19-13(11)21;1-4-6(18-19-14)5(2-22-25-24-12)23-10(4)20-3-15-7-8(20)16-11(13)17-9(7)21;/h11-14,16-18,22-23H,9-10H2,1-8H3,(H,25,26,29);6,8-9,11,14,24H,5H2,1-4H3;6-7,9-10,14-16,24H,4-5H2,1-3H3,(H,18,19,21);3-6,10,12,24H,2H2,1H3,(H3,13,16,17,21);/t14-,16?,17+,18?,22+;8-,9?,11+,14-;7-,9+,10?,14+,24?;4-,5+,6?,10+,24?;/m0100./s1/i9T;;4T,15T,24D;12T,24D;/t9?,14-,16?,17+,18?,22+;;4?,7-,9+,10?,14+,24?;m;. The summed E-state index contributed by atoms with van der Waals surface area (Å²) in [5.41, 5.74) is 24.7. The molecule has 40 nitrogen and oxygen atoms in total. The van der Waals surface area contributed by atoms with E-state index in [4.69, 9.17) is 61.6 Å². The topological polar surface area (TPSA) is 500 Å². The Hall–Kier alpha value is -6.02. The summed E-state index contributed by atoms with van der Waals surface area (Å²) in [6.07, 6.45) is 0.930. The Labute approximate surface area is 685 Å². The molecule has 0 spiro atoms. The van der Waals surface area contributed by atoms with Crippen LogP contribution in [0.1, 0.15) is 128 Å². The summed E-state index contributed by atoms with van der Waals surface area (Å²) in [6, 6.07) is -0.811. The Balaban J connectivity index is 0.000000192. The fraction of sp³-hybridized carbons (Fsp3) is 0.661. The molecule has 4 fully saturated rings. The van der Waals surface area contributed by atoms with Gasteiger partial charge >= 0.3 is 6.09 Å². The molecule has 0 saturated carbocycles. The van der Waals surface area contributed by atoms with Gasteiger partial charge in [0.1, 0.15) is 69.7 Å². The molecule has 0 aliphatic carbocycles. The second-order valence-corrected chi connectivity index (χ2v) is 29.8. The molecule has 587 valence electrons. The van der Waals surface area contributed by atoms with Crippen molar-refractivity contribution in [3.05, 3.63) is 94.7 Å². The first-order valence-electron chi connectivity index (χ1n) is 37.8. The van der Waals surface area contributed by atoms with Crippen molar-refractivity contribution in [3.63, 3.8) is 0 Å². The normalized spacial score (nSPS) is 27.2. The van der Waals surface area contributed by atoms with E-state index in [0.717, 1.165) is 38.4 Å². The number of aliphatic hydroxyl groups excluding tert-OH is 1. The molecule has 8 aromatic rings. The van der Waals surface area contributed by atoms with Crippen LogP contribution in [0.15, 0.2) is 49.9 Å². The molecule has 12 heterocycles. The number of nitrogen functional groups attached to an aromatic ring is 1. The summed E-state index contributed by atoms with van der Waals surface area (Å²) in [4.78, 5) is 103. The number of imidazole rings is 4. The summed E-state index contributed by atoms with van der Waals surface area (Å²) in [7, 11) is 2.28. The third-order valence-electron chi connectivity index (χ3n) is 18.4. The molecule has 12 rings (SSSR count). The van der Waals surface area contributed by atoms with Crippen LogP contribution in [0.5, 0.6) is 5.88 Å². The van der Waals surface area contributed by atoms with Crippen LogP contribution in [0.2, 0.25) is 0 Å². The van der Waals surface area contributed by atoms with Crippen LogP contribution < -0.4 is 37.8 Å². The van der Waals surface area contributed by atoms with Crippen LogP contribution >= 0.6 is 38.5 Å². The second-order valence-electron chi connectivity index (χ2n) is 26.5. The number of ether oxygens (including phenoxy) is 6. The Bertz CT molecular complexity index is 4860. The largest absolute Gasteiger partial charge is 0.416 e. The van der Waals surface area contributed by atoms with E-state index in [9.17, 15) is 24.3 Å². The molecule has 4 aliphatic heterocycles. The molecule has 8 N–H and O–H groups in total. The number of amides is 1. The maximum absolute atomic E-state index is 12.3. The summed E-state index contributed by atoms with van der Waals surface area (Å²) in [5.74, 6) is 1.05. The zero-order chi connectivity index (χ0) is 83.4. The van der Waals surface area contributed by atoms with Gasteiger partial charge in [0, 0.05) is 136 Å². The van der Waals surface area contributed by atoms with Crippen LogP contribution in [0.3, 0.4) is 0 Å². The van der Waals surface area contributed by atoms with Crippen LogP contribution in [0.4, 0.5) is 10.7 Å². The van der Waals surface area contributed by atoms with Gasteiger partial charge in [-0.05, 0) is 88.6 Å². The van der Waals surface area contributed by atoms with Crippen LogP contribution in [-0.2, 0) is 32.1 Å².